The molecule has 1 amide bonds. The number of sulfonamides is 1. The normalized spacial score (nSPS) is 17.1. The molecular weight excluding hydrogens is 464 g/mol. The Kier molecular flexibility index (Phi) is 7.11. The van der Waals surface area contributed by atoms with E-state index in [9.17, 15) is 23.3 Å². The first-order valence-corrected chi connectivity index (χ1v) is 13.1. The van der Waals surface area contributed by atoms with Gasteiger partial charge in [0, 0.05) is 43.1 Å². The molecule has 0 N–H and O–H groups in total. The van der Waals surface area contributed by atoms with Crippen molar-refractivity contribution in [3.05, 3.63) is 69.8 Å². The fraction of sp³-hybridized carbons (Fsp3) is 0.364. The lowest BCUT2D eigenvalue weighted by molar-refractivity contribution is -0.384. The monoisotopic (exact) mass is 488 g/mol. The lowest BCUT2D eigenvalue weighted by atomic mass is 10.2. The number of carbonyl (C=O) groups excluding carboxylic acids is 1. The first-order valence-electron chi connectivity index (χ1n) is 10.7. The highest BCUT2D eigenvalue weighted by molar-refractivity contribution is 8.13. The number of nitrogens with zero attached hydrogens (tertiary/aromatic N) is 4. The molecule has 2 aliphatic rings. The number of aliphatic imine (C=N–C) groups is 1. The highest BCUT2D eigenvalue weighted by atomic mass is 32.2. The second kappa shape index (κ2) is 10.0. The molecule has 0 aromatic heterocycles. The van der Waals surface area contributed by atoms with Crippen LogP contribution in [0.2, 0.25) is 0 Å². The van der Waals surface area contributed by atoms with Crippen LogP contribution in [0.15, 0.2) is 58.4 Å². The number of non-ortho nitro benzene ring substituents is 1. The Morgan fingerprint density at radius 1 is 1.06 bits per heavy atom. The molecule has 2 aromatic rings. The second-order valence-electron chi connectivity index (χ2n) is 7.83. The fourth-order valence-corrected chi connectivity index (χ4v) is 6.33. The number of rotatable bonds is 6. The van der Waals surface area contributed by atoms with Crippen molar-refractivity contribution in [2.75, 3.05) is 26.2 Å². The van der Waals surface area contributed by atoms with E-state index in [1.54, 1.807) is 29.2 Å². The van der Waals surface area contributed by atoms with Gasteiger partial charge in [0.25, 0.3) is 11.6 Å². The fourth-order valence-electron chi connectivity index (χ4n) is 3.83. The van der Waals surface area contributed by atoms with Crippen molar-refractivity contribution in [2.24, 2.45) is 4.99 Å². The van der Waals surface area contributed by atoms with E-state index in [0.29, 0.717) is 42.7 Å². The molecule has 2 aromatic carbocycles. The van der Waals surface area contributed by atoms with E-state index < -0.39 is 14.9 Å². The van der Waals surface area contributed by atoms with Crippen molar-refractivity contribution >= 4 is 38.5 Å². The largest absolute Gasteiger partial charge is 0.286 e. The van der Waals surface area contributed by atoms with Crippen LogP contribution in [0.3, 0.4) is 0 Å². The van der Waals surface area contributed by atoms with Gasteiger partial charge in [0.1, 0.15) is 0 Å². The molecular formula is C22H24N4O5S2. The van der Waals surface area contributed by atoms with Gasteiger partial charge in [-0.25, -0.2) is 8.42 Å². The molecule has 174 valence electrons. The van der Waals surface area contributed by atoms with Crippen molar-refractivity contribution in [1.82, 2.24) is 9.21 Å². The van der Waals surface area contributed by atoms with Gasteiger partial charge >= 0.3 is 0 Å². The van der Waals surface area contributed by atoms with Crippen molar-refractivity contribution in [1.29, 1.82) is 0 Å². The highest BCUT2D eigenvalue weighted by Crippen LogP contribution is 2.25. The third kappa shape index (κ3) is 5.26. The molecule has 2 aliphatic heterocycles. The summed E-state index contributed by atoms with van der Waals surface area (Å²) in [4.78, 5) is 29.7. The predicted molar refractivity (Wildman–Crippen MR) is 127 cm³/mol. The molecule has 0 atom stereocenters. The molecule has 0 bridgehead atoms. The van der Waals surface area contributed by atoms with Gasteiger partial charge in [0.15, 0.2) is 5.17 Å². The Hall–Kier alpha value is -2.76. The Bertz CT molecular complexity index is 1180. The lowest BCUT2D eigenvalue weighted by Crippen LogP contribution is -2.35. The Morgan fingerprint density at radius 2 is 1.79 bits per heavy atom. The van der Waals surface area contributed by atoms with Crippen LogP contribution >= 0.6 is 11.8 Å². The minimum absolute atomic E-state index is 0.0222. The van der Waals surface area contributed by atoms with E-state index in [-0.39, 0.29) is 16.5 Å². The summed E-state index contributed by atoms with van der Waals surface area (Å²) in [6, 6.07) is 12.4. The summed E-state index contributed by atoms with van der Waals surface area (Å²) in [6.07, 6.45) is 2.76. The molecule has 0 saturated carbocycles. The van der Waals surface area contributed by atoms with Crippen molar-refractivity contribution in [2.45, 2.75) is 29.9 Å². The average molecular weight is 489 g/mol. The van der Waals surface area contributed by atoms with E-state index in [0.717, 1.165) is 24.8 Å². The highest BCUT2D eigenvalue weighted by Gasteiger charge is 2.28. The number of hydrogen-bond acceptors (Lipinski definition) is 7. The standard InChI is InChI=1S/C22H24N4O5S2/c27-21(18-7-9-20(10-8-18)33(30,31)24-12-2-1-3-13-24)25-14-11-23-22(25)32-16-17-5-4-6-19(15-17)26(28)29/h4-10,15H,1-3,11-14,16H2. The van der Waals surface area contributed by atoms with Gasteiger partial charge < -0.3 is 0 Å². The van der Waals surface area contributed by atoms with Crippen molar-refractivity contribution < 1.29 is 18.1 Å². The summed E-state index contributed by atoms with van der Waals surface area (Å²) in [5.74, 6) is 0.192. The summed E-state index contributed by atoms with van der Waals surface area (Å²) < 4.78 is 27.2. The van der Waals surface area contributed by atoms with Crippen LogP contribution in [0.25, 0.3) is 0 Å². The quantitative estimate of drug-likeness (QED) is 0.454. The Balaban J connectivity index is 1.42. The van der Waals surface area contributed by atoms with Gasteiger partial charge in [0.05, 0.1) is 16.4 Å². The van der Waals surface area contributed by atoms with Crippen molar-refractivity contribution in [3.63, 3.8) is 0 Å². The molecule has 1 fully saturated rings. The van der Waals surface area contributed by atoms with Crippen LogP contribution in [0.4, 0.5) is 5.69 Å². The summed E-state index contributed by atoms with van der Waals surface area (Å²) in [5, 5.41) is 11.5. The number of piperidine rings is 1. The molecule has 0 spiro atoms. The number of nitro groups is 1. The zero-order valence-corrected chi connectivity index (χ0v) is 19.6. The van der Waals surface area contributed by atoms with Gasteiger partial charge in [-0.05, 0) is 42.7 Å². The summed E-state index contributed by atoms with van der Waals surface area (Å²) >= 11 is 1.34. The number of hydrogen-bond donors (Lipinski definition) is 0. The van der Waals surface area contributed by atoms with Crippen LogP contribution < -0.4 is 0 Å². The molecule has 0 unspecified atom stereocenters. The SMILES string of the molecule is O=C(c1ccc(S(=O)(=O)N2CCCCC2)cc1)N1CCN=C1SCc1cccc([N+](=O)[O-])c1. The maximum Gasteiger partial charge on any atom is 0.269 e. The van der Waals surface area contributed by atoms with Crippen LogP contribution in [-0.4, -0.2) is 59.8 Å². The van der Waals surface area contributed by atoms with Gasteiger partial charge in [-0.3, -0.25) is 24.8 Å². The maximum atomic E-state index is 13.1. The minimum atomic E-state index is -3.55. The molecule has 0 aliphatic carbocycles. The molecule has 33 heavy (non-hydrogen) atoms. The van der Waals surface area contributed by atoms with Crippen LogP contribution in [0, 0.1) is 10.1 Å². The van der Waals surface area contributed by atoms with Gasteiger partial charge in [0.2, 0.25) is 10.0 Å². The number of carbonyl (C=O) groups is 1. The maximum absolute atomic E-state index is 13.1. The van der Waals surface area contributed by atoms with E-state index in [2.05, 4.69) is 4.99 Å². The van der Waals surface area contributed by atoms with Gasteiger partial charge in [-0.1, -0.05) is 30.3 Å². The summed E-state index contributed by atoms with van der Waals surface area (Å²) in [7, 11) is -3.55. The number of thioether (sulfide) groups is 1. The number of amides is 1. The van der Waals surface area contributed by atoms with Gasteiger partial charge in [-0.2, -0.15) is 4.31 Å². The number of benzene rings is 2. The molecule has 9 nitrogen and oxygen atoms in total. The molecule has 1 saturated heterocycles. The molecule has 0 radical (unpaired) electrons. The van der Waals surface area contributed by atoms with E-state index >= 15 is 0 Å². The van der Waals surface area contributed by atoms with Crippen LogP contribution in [-0.2, 0) is 15.8 Å². The Morgan fingerprint density at radius 3 is 2.48 bits per heavy atom. The van der Waals surface area contributed by atoms with Crippen LogP contribution in [0.5, 0.6) is 0 Å². The van der Waals surface area contributed by atoms with E-state index in [1.807, 2.05) is 0 Å². The molecule has 4 rings (SSSR count). The third-order valence-electron chi connectivity index (χ3n) is 5.59. The zero-order chi connectivity index (χ0) is 23.4. The second-order valence-corrected chi connectivity index (χ2v) is 10.7. The zero-order valence-electron chi connectivity index (χ0n) is 17.9. The van der Waals surface area contributed by atoms with Crippen LogP contribution in [0.1, 0.15) is 35.2 Å². The lowest BCUT2D eigenvalue weighted by Gasteiger charge is -2.26. The smallest absolute Gasteiger partial charge is 0.269 e. The minimum Gasteiger partial charge on any atom is -0.286 e. The Labute approximate surface area is 196 Å². The number of amidine groups is 1. The molecule has 11 heteroatoms. The van der Waals surface area contributed by atoms with E-state index in [1.165, 1.54) is 40.3 Å². The van der Waals surface area contributed by atoms with Gasteiger partial charge in [-0.15, -0.1) is 0 Å². The van der Waals surface area contributed by atoms with E-state index in [4.69, 9.17) is 0 Å². The van der Waals surface area contributed by atoms with Crippen molar-refractivity contribution in [3.8, 4) is 0 Å². The first-order chi connectivity index (χ1) is 15.9. The number of nitro benzene ring substituents is 1. The average Bonchev–Trinajstić information content (AvgIpc) is 3.32. The summed E-state index contributed by atoms with van der Waals surface area (Å²) in [5.41, 5.74) is 1.18. The third-order valence-corrected chi connectivity index (χ3v) is 8.59. The first kappa shape index (κ1) is 23.4. The topological polar surface area (TPSA) is 113 Å². The summed E-state index contributed by atoms with van der Waals surface area (Å²) in [6.45, 7) is 1.96. The molecule has 2 heterocycles. The predicted octanol–water partition coefficient (Wildman–Crippen LogP) is 3.51.